The minimum Gasteiger partial charge on any atom is -0.377 e. The average Bonchev–Trinajstić information content (AvgIpc) is 2.11. The molecule has 2 heteroatoms. The van der Waals surface area contributed by atoms with Gasteiger partial charge in [0.15, 0.2) is 0 Å². The number of hydrogen-bond donors (Lipinski definition) is 0. The van der Waals surface area contributed by atoms with Gasteiger partial charge in [0.2, 0.25) is 0 Å². The number of hydrogen-bond acceptors (Lipinski definition) is 1. The molecule has 0 aliphatic heterocycles. The molecule has 0 saturated carbocycles. The molecule has 0 aliphatic rings. The van der Waals surface area contributed by atoms with Crippen molar-refractivity contribution in [2.45, 2.75) is 27.7 Å². The summed E-state index contributed by atoms with van der Waals surface area (Å²) in [5.74, 6) is 0. The lowest BCUT2D eigenvalue weighted by Crippen LogP contribution is -2.13. The van der Waals surface area contributed by atoms with E-state index in [1.54, 1.807) is 0 Å². The molecule has 0 spiro atoms. The van der Waals surface area contributed by atoms with Gasteiger partial charge in [0, 0.05) is 24.8 Å². The van der Waals surface area contributed by atoms with Crippen molar-refractivity contribution in [2.75, 3.05) is 19.0 Å². The van der Waals surface area contributed by atoms with Crippen LogP contribution in [0.4, 0.5) is 5.69 Å². The van der Waals surface area contributed by atoms with E-state index >= 15 is 0 Å². The molecule has 1 aromatic carbocycles. The van der Waals surface area contributed by atoms with Crippen molar-refractivity contribution in [3.63, 3.8) is 0 Å². The van der Waals surface area contributed by atoms with Crippen molar-refractivity contribution < 1.29 is 0 Å². The molecule has 0 bridgehead atoms. The van der Waals surface area contributed by atoms with Crippen LogP contribution < -0.4 is 4.90 Å². The Bertz CT molecular complexity index is 338. The van der Waals surface area contributed by atoms with Gasteiger partial charge in [0.25, 0.3) is 0 Å². The van der Waals surface area contributed by atoms with Crippen LogP contribution in [0.2, 0.25) is 5.02 Å². The fraction of sp³-hybridized carbons (Fsp3) is 0.500. The lowest BCUT2D eigenvalue weighted by Gasteiger charge is -2.23. The van der Waals surface area contributed by atoms with Crippen molar-refractivity contribution >= 4 is 17.3 Å². The largest absolute Gasteiger partial charge is 0.377 e. The summed E-state index contributed by atoms with van der Waals surface area (Å²) in [5, 5.41) is 0.908. The number of nitrogens with zero attached hydrogens (tertiary/aromatic N) is 1. The molecule has 0 radical (unpaired) electrons. The Kier molecular flexibility index (Phi) is 3.10. The van der Waals surface area contributed by atoms with Crippen LogP contribution in [0.3, 0.4) is 0 Å². The van der Waals surface area contributed by atoms with Gasteiger partial charge in [-0.2, -0.15) is 0 Å². The molecular formula is C12H18ClN. The van der Waals surface area contributed by atoms with Gasteiger partial charge in [-0.1, -0.05) is 11.6 Å². The Morgan fingerprint density at radius 2 is 1.14 bits per heavy atom. The maximum Gasteiger partial charge on any atom is 0.0471 e. The lowest BCUT2D eigenvalue weighted by molar-refractivity contribution is 1.08. The molecule has 0 atom stereocenters. The van der Waals surface area contributed by atoms with Gasteiger partial charge < -0.3 is 4.90 Å². The van der Waals surface area contributed by atoms with E-state index in [2.05, 4.69) is 46.7 Å². The molecule has 1 nitrogen and oxygen atoms in total. The highest BCUT2D eigenvalue weighted by Gasteiger charge is 2.14. The van der Waals surface area contributed by atoms with Gasteiger partial charge in [-0.3, -0.25) is 0 Å². The van der Waals surface area contributed by atoms with Gasteiger partial charge in [-0.15, -0.1) is 0 Å². The third kappa shape index (κ3) is 1.61. The molecule has 0 saturated heterocycles. The summed E-state index contributed by atoms with van der Waals surface area (Å²) in [6.45, 7) is 8.42. The molecule has 0 N–H and O–H groups in total. The van der Waals surface area contributed by atoms with E-state index in [4.69, 9.17) is 11.6 Å². The van der Waals surface area contributed by atoms with Crippen molar-refractivity contribution in [1.82, 2.24) is 0 Å². The van der Waals surface area contributed by atoms with Crippen LogP contribution in [0.1, 0.15) is 22.3 Å². The van der Waals surface area contributed by atoms with Gasteiger partial charge in [0.05, 0.1) is 0 Å². The van der Waals surface area contributed by atoms with Crippen molar-refractivity contribution in [2.24, 2.45) is 0 Å². The first-order chi connectivity index (χ1) is 6.37. The topological polar surface area (TPSA) is 3.24 Å². The maximum absolute atomic E-state index is 6.25. The molecule has 0 heterocycles. The summed E-state index contributed by atoms with van der Waals surface area (Å²) in [6.07, 6.45) is 0. The van der Waals surface area contributed by atoms with Crippen molar-refractivity contribution in [3.8, 4) is 0 Å². The highest BCUT2D eigenvalue weighted by molar-refractivity contribution is 6.32. The zero-order valence-electron chi connectivity index (χ0n) is 9.83. The van der Waals surface area contributed by atoms with Crippen LogP contribution in [0, 0.1) is 27.7 Å². The summed E-state index contributed by atoms with van der Waals surface area (Å²) in [5.41, 5.74) is 6.24. The first kappa shape index (κ1) is 11.4. The predicted octanol–water partition coefficient (Wildman–Crippen LogP) is 3.64. The van der Waals surface area contributed by atoms with E-state index < -0.39 is 0 Å². The standard InChI is InChI=1S/C12H18ClN/c1-7-9(3)12(14(5)6)10(4)8(2)11(7)13/h1-6H3. The minimum atomic E-state index is 0.908. The molecule has 1 aromatic rings. The normalized spacial score (nSPS) is 10.5. The first-order valence-corrected chi connectivity index (χ1v) is 5.18. The molecule has 14 heavy (non-hydrogen) atoms. The number of rotatable bonds is 1. The van der Waals surface area contributed by atoms with Crippen LogP contribution in [-0.2, 0) is 0 Å². The highest BCUT2D eigenvalue weighted by atomic mass is 35.5. The summed E-state index contributed by atoms with van der Waals surface area (Å²) in [7, 11) is 4.14. The van der Waals surface area contributed by atoms with Crippen LogP contribution in [0.5, 0.6) is 0 Å². The number of benzene rings is 1. The average molecular weight is 212 g/mol. The quantitative estimate of drug-likeness (QED) is 0.686. The Balaban J connectivity index is 3.60. The molecule has 0 unspecified atom stereocenters. The van der Waals surface area contributed by atoms with Gasteiger partial charge in [0.1, 0.15) is 0 Å². The molecule has 78 valence electrons. The first-order valence-electron chi connectivity index (χ1n) is 4.81. The smallest absolute Gasteiger partial charge is 0.0471 e. The molecule has 1 rings (SSSR count). The fourth-order valence-electron chi connectivity index (χ4n) is 1.92. The van der Waals surface area contributed by atoms with E-state index in [1.807, 2.05) is 0 Å². The maximum atomic E-state index is 6.25. The summed E-state index contributed by atoms with van der Waals surface area (Å²) < 4.78 is 0. The summed E-state index contributed by atoms with van der Waals surface area (Å²) in [4.78, 5) is 2.15. The lowest BCUT2D eigenvalue weighted by atomic mass is 9.98. The zero-order chi connectivity index (χ0) is 11.0. The van der Waals surface area contributed by atoms with E-state index in [0.717, 1.165) is 5.02 Å². The molecule has 0 aromatic heterocycles. The second kappa shape index (κ2) is 3.82. The Hall–Kier alpha value is -0.690. The SMILES string of the molecule is Cc1c(C)c(N(C)C)c(C)c(C)c1Cl. The molecule has 0 aliphatic carbocycles. The summed E-state index contributed by atoms with van der Waals surface area (Å²) >= 11 is 6.25. The van der Waals surface area contributed by atoms with E-state index in [9.17, 15) is 0 Å². The number of halogens is 1. The highest BCUT2D eigenvalue weighted by Crippen LogP contribution is 2.34. The monoisotopic (exact) mass is 211 g/mol. The van der Waals surface area contributed by atoms with E-state index in [0.29, 0.717) is 0 Å². The van der Waals surface area contributed by atoms with Crippen LogP contribution in [-0.4, -0.2) is 14.1 Å². The Morgan fingerprint density at radius 1 is 0.786 bits per heavy atom. The minimum absolute atomic E-state index is 0.908. The third-order valence-electron chi connectivity index (χ3n) is 2.94. The zero-order valence-corrected chi connectivity index (χ0v) is 10.6. The second-order valence-corrected chi connectivity index (χ2v) is 4.43. The van der Waals surface area contributed by atoms with Gasteiger partial charge in [-0.25, -0.2) is 0 Å². The molecule has 0 amide bonds. The Labute approximate surface area is 91.7 Å². The van der Waals surface area contributed by atoms with Gasteiger partial charge in [-0.05, 0) is 49.9 Å². The predicted molar refractivity (Wildman–Crippen MR) is 64.7 cm³/mol. The van der Waals surface area contributed by atoms with Gasteiger partial charge >= 0.3 is 0 Å². The molecular weight excluding hydrogens is 194 g/mol. The van der Waals surface area contributed by atoms with Crippen LogP contribution in [0.25, 0.3) is 0 Å². The Morgan fingerprint density at radius 3 is 1.43 bits per heavy atom. The van der Waals surface area contributed by atoms with Crippen molar-refractivity contribution in [3.05, 3.63) is 27.3 Å². The van der Waals surface area contributed by atoms with Crippen molar-refractivity contribution in [1.29, 1.82) is 0 Å². The summed E-state index contributed by atoms with van der Waals surface area (Å²) in [6, 6.07) is 0. The van der Waals surface area contributed by atoms with Crippen LogP contribution >= 0.6 is 11.6 Å². The number of anilines is 1. The second-order valence-electron chi connectivity index (χ2n) is 4.06. The third-order valence-corrected chi connectivity index (χ3v) is 3.51. The fourth-order valence-corrected chi connectivity index (χ4v) is 2.20. The molecule has 0 fully saturated rings. The van der Waals surface area contributed by atoms with E-state index in [1.165, 1.54) is 27.9 Å². The van der Waals surface area contributed by atoms with Crippen LogP contribution in [0.15, 0.2) is 0 Å². The van der Waals surface area contributed by atoms with E-state index in [-0.39, 0.29) is 0 Å².